The van der Waals surface area contributed by atoms with Crippen molar-refractivity contribution in [3.8, 4) is 0 Å². The third-order valence-electron chi connectivity index (χ3n) is 3.56. The molecule has 1 aliphatic carbocycles. The first-order chi connectivity index (χ1) is 7.17. The molecule has 1 rings (SSSR count). The summed E-state index contributed by atoms with van der Waals surface area (Å²) in [7, 11) is 0. The average Bonchev–Trinajstić information content (AvgIpc) is 2.22. The van der Waals surface area contributed by atoms with Crippen LogP contribution in [0.2, 0.25) is 0 Å². The summed E-state index contributed by atoms with van der Waals surface area (Å²) in [6, 6.07) is 0. The minimum atomic E-state index is -0.131. The minimum Gasteiger partial charge on any atom is -0.395 e. The van der Waals surface area contributed by atoms with E-state index in [-0.39, 0.29) is 12.7 Å². The van der Waals surface area contributed by atoms with Crippen LogP contribution in [-0.2, 0) is 0 Å². The van der Waals surface area contributed by atoms with Crippen molar-refractivity contribution in [2.45, 2.75) is 39.2 Å². The van der Waals surface area contributed by atoms with E-state index in [1.807, 2.05) is 0 Å². The first-order valence-electron chi connectivity index (χ1n) is 6.18. The highest BCUT2D eigenvalue weighted by Crippen LogP contribution is 2.29. The van der Waals surface area contributed by atoms with Crippen molar-refractivity contribution in [3.63, 3.8) is 0 Å². The summed E-state index contributed by atoms with van der Waals surface area (Å²) in [5.41, 5.74) is 0. The van der Waals surface area contributed by atoms with Crippen LogP contribution < -0.4 is 0 Å². The van der Waals surface area contributed by atoms with E-state index in [0.717, 1.165) is 44.8 Å². The normalized spacial score (nSPS) is 32.2. The predicted octanol–water partition coefficient (Wildman–Crippen LogP) is 1.10. The summed E-state index contributed by atoms with van der Waals surface area (Å²) >= 11 is 0. The smallest absolute Gasteiger partial charge is 0.0580 e. The number of likely N-dealkylation sites (N-methyl/N-ethyl adjacent to an activating group) is 1. The second kappa shape index (κ2) is 6.46. The molecule has 2 N–H and O–H groups in total. The highest BCUT2D eigenvalue weighted by atomic mass is 16.3. The maximum absolute atomic E-state index is 9.91. The lowest BCUT2D eigenvalue weighted by molar-refractivity contribution is 0.0286. The van der Waals surface area contributed by atoms with Crippen molar-refractivity contribution in [2.24, 2.45) is 11.8 Å². The van der Waals surface area contributed by atoms with E-state index < -0.39 is 0 Å². The van der Waals surface area contributed by atoms with Gasteiger partial charge in [-0.2, -0.15) is 0 Å². The SMILES string of the molecule is CCN(CCO)CC1CC(C)CCC1O. The third-order valence-corrected chi connectivity index (χ3v) is 3.56. The fourth-order valence-electron chi connectivity index (χ4n) is 2.53. The Labute approximate surface area is 93.1 Å². The maximum Gasteiger partial charge on any atom is 0.0580 e. The molecular weight excluding hydrogens is 190 g/mol. The molecule has 0 aromatic carbocycles. The van der Waals surface area contributed by atoms with Crippen LogP contribution in [-0.4, -0.2) is 47.5 Å². The van der Waals surface area contributed by atoms with Gasteiger partial charge in [-0.15, -0.1) is 0 Å². The van der Waals surface area contributed by atoms with E-state index >= 15 is 0 Å². The van der Waals surface area contributed by atoms with Gasteiger partial charge >= 0.3 is 0 Å². The van der Waals surface area contributed by atoms with E-state index in [2.05, 4.69) is 18.7 Å². The van der Waals surface area contributed by atoms with Crippen LogP contribution in [0.1, 0.15) is 33.1 Å². The van der Waals surface area contributed by atoms with Crippen molar-refractivity contribution >= 4 is 0 Å². The lowest BCUT2D eigenvalue weighted by Crippen LogP contribution is -2.39. The van der Waals surface area contributed by atoms with Crippen molar-refractivity contribution < 1.29 is 10.2 Å². The topological polar surface area (TPSA) is 43.7 Å². The predicted molar refractivity (Wildman–Crippen MR) is 61.7 cm³/mol. The fraction of sp³-hybridized carbons (Fsp3) is 1.00. The second-order valence-electron chi connectivity index (χ2n) is 4.86. The van der Waals surface area contributed by atoms with Gasteiger partial charge < -0.3 is 15.1 Å². The van der Waals surface area contributed by atoms with E-state index in [1.54, 1.807) is 0 Å². The lowest BCUT2D eigenvalue weighted by atomic mass is 9.80. The Hall–Kier alpha value is -0.120. The summed E-state index contributed by atoms with van der Waals surface area (Å²) in [4.78, 5) is 2.23. The molecule has 0 aromatic heterocycles. The second-order valence-corrected chi connectivity index (χ2v) is 4.86. The highest BCUT2D eigenvalue weighted by molar-refractivity contribution is 4.80. The molecule has 1 aliphatic rings. The molecule has 3 nitrogen and oxygen atoms in total. The quantitative estimate of drug-likeness (QED) is 0.722. The van der Waals surface area contributed by atoms with Crippen LogP contribution in [0.15, 0.2) is 0 Å². The summed E-state index contributed by atoms with van der Waals surface area (Å²) in [5.74, 6) is 1.14. The maximum atomic E-state index is 9.91. The summed E-state index contributed by atoms with van der Waals surface area (Å²) < 4.78 is 0. The summed E-state index contributed by atoms with van der Waals surface area (Å²) in [6.07, 6.45) is 3.10. The van der Waals surface area contributed by atoms with E-state index in [0.29, 0.717) is 5.92 Å². The highest BCUT2D eigenvalue weighted by Gasteiger charge is 2.27. The standard InChI is InChI=1S/C12H25NO2/c1-3-13(6-7-14)9-11-8-10(2)4-5-12(11)15/h10-12,14-15H,3-9H2,1-2H3. The molecule has 0 spiro atoms. The molecule has 0 bridgehead atoms. The number of nitrogens with zero attached hydrogens (tertiary/aromatic N) is 1. The Morgan fingerprint density at radius 1 is 1.33 bits per heavy atom. The van der Waals surface area contributed by atoms with Gasteiger partial charge in [0.1, 0.15) is 0 Å². The van der Waals surface area contributed by atoms with Gasteiger partial charge in [-0.05, 0) is 37.6 Å². The van der Waals surface area contributed by atoms with Gasteiger partial charge in [0, 0.05) is 13.1 Å². The van der Waals surface area contributed by atoms with Crippen LogP contribution in [0, 0.1) is 11.8 Å². The van der Waals surface area contributed by atoms with E-state index in [9.17, 15) is 5.11 Å². The van der Waals surface area contributed by atoms with Gasteiger partial charge in [0.2, 0.25) is 0 Å². The molecule has 0 aromatic rings. The minimum absolute atomic E-state index is 0.131. The number of aliphatic hydroxyl groups is 2. The Morgan fingerprint density at radius 2 is 2.07 bits per heavy atom. The van der Waals surface area contributed by atoms with Gasteiger partial charge in [0.25, 0.3) is 0 Å². The first kappa shape index (κ1) is 12.9. The Balaban J connectivity index is 2.39. The fourth-order valence-corrected chi connectivity index (χ4v) is 2.53. The molecule has 0 saturated heterocycles. The van der Waals surface area contributed by atoms with Gasteiger partial charge in [-0.3, -0.25) is 0 Å². The summed E-state index contributed by atoms with van der Waals surface area (Å²) in [6.45, 7) is 7.20. The molecule has 3 atom stereocenters. The van der Waals surface area contributed by atoms with Crippen LogP contribution >= 0.6 is 0 Å². The van der Waals surface area contributed by atoms with E-state index in [1.165, 1.54) is 0 Å². The molecule has 3 unspecified atom stereocenters. The third kappa shape index (κ3) is 4.09. The van der Waals surface area contributed by atoms with E-state index in [4.69, 9.17) is 5.11 Å². The molecule has 3 heteroatoms. The number of hydrogen-bond donors (Lipinski definition) is 2. The number of aliphatic hydroxyl groups excluding tert-OH is 2. The van der Waals surface area contributed by atoms with Crippen molar-refractivity contribution in [1.82, 2.24) is 4.90 Å². The number of hydrogen-bond acceptors (Lipinski definition) is 3. The van der Waals surface area contributed by atoms with Gasteiger partial charge in [0.05, 0.1) is 12.7 Å². The van der Waals surface area contributed by atoms with Crippen molar-refractivity contribution in [1.29, 1.82) is 0 Å². The van der Waals surface area contributed by atoms with Crippen molar-refractivity contribution in [2.75, 3.05) is 26.2 Å². The van der Waals surface area contributed by atoms with Crippen molar-refractivity contribution in [3.05, 3.63) is 0 Å². The first-order valence-corrected chi connectivity index (χ1v) is 6.18. The lowest BCUT2D eigenvalue weighted by Gasteiger charge is -2.35. The molecule has 90 valence electrons. The summed E-state index contributed by atoms with van der Waals surface area (Å²) in [5, 5.41) is 18.8. The Kier molecular flexibility index (Phi) is 5.58. The molecular formula is C12H25NO2. The molecule has 1 saturated carbocycles. The average molecular weight is 215 g/mol. The van der Waals surface area contributed by atoms with Crippen LogP contribution in [0.3, 0.4) is 0 Å². The zero-order valence-electron chi connectivity index (χ0n) is 10.0. The van der Waals surface area contributed by atoms with Gasteiger partial charge in [-0.1, -0.05) is 13.8 Å². The molecule has 0 heterocycles. The molecule has 15 heavy (non-hydrogen) atoms. The Morgan fingerprint density at radius 3 is 2.67 bits per heavy atom. The Bertz CT molecular complexity index is 175. The van der Waals surface area contributed by atoms with Gasteiger partial charge in [0.15, 0.2) is 0 Å². The number of rotatable bonds is 5. The molecule has 0 radical (unpaired) electrons. The van der Waals surface area contributed by atoms with Gasteiger partial charge in [-0.25, -0.2) is 0 Å². The van der Waals surface area contributed by atoms with Crippen LogP contribution in [0.25, 0.3) is 0 Å². The van der Waals surface area contributed by atoms with Crippen LogP contribution in [0.4, 0.5) is 0 Å². The molecule has 1 fully saturated rings. The zero-order valence-corrected chi connectivity index (χ0v) is 10.0. The van der Waals surface area contributed by atoms with Crippen LogP contribution in [0.5, 0.6) is 0 Å². The monoisotopic (exact) mass is 215 g/mol. The largest absolute Gasteiger partial charge is 0.395 e. The molecule has 0 amide bonds. The molecule has 0 aliphatic heterocycles. The zero-order chi connectivity index (χ0) is 11.3.